The summed E-state index contributed by atoms with van der Waals surface area (Å²) in [5.74, 6) is 0.228. The van der Waals surface area contributed by atoms with Crippen LogP contribution in [0.3, 0.4) is 0 Å². The van der Waals surface area contributed by atoms with Crippen LogP contribution in [0.1, 0.15) is 29.3 Å². The minimum atomic E-state index is 0.228. The summed E-state index contributed by atoms with van der Waals surface area (Å²) in [7, 11) is 0. The third-order valence-electron chi connectivity index (χ3n) is 2.29. The van der Waals surface area contributed by atoms with E-state index in [1.54, 1.807) is 11.8 Å². The van der Waals surface area contributed by atoms with Crippen molar-refractivity contribution in [3.8, 4) is 0 Å². The average molecular weight is 287 g/mol. The number of halogens is 1. The van der Waals surface area contributed by atoms with Gasteiger partial charge in [0.2, 0.25) is 0 Å². The van der Waals surface area contributed by atoms with Gasteiger partial charge in [-0.05, 0) is 30.4 Å². The van der Waals surface area contributed by atoms with Crippen molar-refractivity contribution in [1.82, 2.24) is 0 Å². The predicted octanol–water partition coefficient (Wildman–Crippen LogP) is 3.94. The molecule has 0 aromatic heterocycles. The number of carbonyl (C=O) groups is 1. The molecule has 0 N–H and O–H groups in total. The van der Waals surface area contributed by atoms with E-state index in [1.165, 1.54) is 5.56 Å². The van der Waals surface area contributed by atoms with Crippen LogP contribution < -0.4 is 0 Å². The van der Waals surface area contributed by atoms with E-state index in [2.05, 4.69) is 28.9 Å². The van der Waals surface area contributed by atoms with Gasteiger partial charge in [-0.1, -0.05) is 28.9 Å². The van der Waals surface area contributed by atoms with Gasteiger partial charge in [0.1, 0.15) is 0 Å². The van der Waals surface area contributed by atoms with E-state index in [-0.39, 0.29) is 5.78 Å². The highest BCUT2D eigenvalue weighted by molar-refractivity contribution is 9.09. The summed E-state index contributed by atoms with van der Waals surface area (Å²) in [6.07, 6.45) is 3.55. The monoisotopic (exact) mass is 286 g/mol. The Balaban J connectivity index is 3.05. The van der Waals surface area contributed by atoms with E-state index in [0.717, 1.165) is 22.2 Å². The number of thioether (sulfide) groups is 1. The van der Waals surface area contributed by atoms with Gasteiger partial charge in [-0.25, -0.2) is 0 Å². The molecule has 3 heteroatoms. The topological polar surface area (TPSA) is 17.1 Å². The highest BCUT2D eigenvalue weighted by atomic mass is 79.9. The van der Waals surface area contributed by atoms with Crippen LogP contribution in [-0.4, -0.2) is 17.4 Å². The van der Waals surface area contributed by atoms with Crippen molar-refractivity contribution < 1.29 is 4.79 Å². The number of alkyl halides is 1. The number of rotatable bonds is 5. The van der Waals surface area contributed by atoms with Gasteiger partial charge in [0.25, 0.3) is 0 Å². The molecule has 1 nitrogen and oxygen atoms in total. The van der Waals surface area contributed by atoms with Gasteiger partial charge in [0, 0.05) is 22.2 Å². The molecule has 0 unspecified atom stereocenters. The van der Waals surface area contributed by atoms with E-state index >= 15 is 0 Å². The van der Waals surface area contributed by atoms with Crippen LogP contribution in [0.2, 0.25) is 0 Å². The Morgan fingerprint density at radius 3 is 2.73 bits per heavy atom. The Kier molecular flexibility index (Phi) is 5.40. The second-order valence-corrected chi connectivity index (χ2v) is 4.89. The quantitative estimate of drug-likeness (QED) is 0.463. The maximum atomic E-state index is 11.8. The SMILES string of the molecule is CCc1ccc(SC)c(C(=O)CCBr)c1. The van der Waals surface area contributed by atoms with E-state index in [0.29, 0.717) is 6.42 Å². The zero-order valence-corrected chi connectivity index (χ0v) is 11.5. The lowest BCUT2D eigenvalue weighted by molar-refractivity contribution is 0.0987. The number of ketones is 1. The van der Waals surface area contributed by atoms with E-state index in [1.807, 2.05) is 18.4 Å². The molecule has 0 aliphatic rings. The first kappa shape index (κ1) is 12.8. The summed E-state index contributed by atoms with van der Waals surface area (Å²) in [5, 5.41) is 0.732. The number of hydrogen-bond donors (Lipinski definition) is 0. The largest absolute Gasteiger partial charge is 0.294 e. The Hall–Kier alpha value is -0.280. The summed E-state index contributed by atoms with van der Waals surface area (Å²) in [4.78, 5) is 12.9. The van der Waals surface area contributed by atoms with Gasteiger partial charge < -0.3 is 0 Å². The van der Waals surface area contributed by atoms with Crippen LogP contribution >= 0.6 is 27.7 Å². The molecule has 0 heterocycles. The van der Waals surface area contributed by atoms with Crippen LogP contribution in [0.5, 0.6) is 0 Å². The molecule has 15 heavy (non-hydrogen) atoms. The molecule has 1 aromatic rings. The molecular weight excluding hydrogens is 272 g/mol. The van der Waals surface area contributed by atoms with Crippen molar-refractivity contribution in [2.75, 3.05) is 11.6 Å². The summed E-state index contributed by atoms with van der Waals surface area (Å²) in [6, 6.07) is 6.17. The van der Waals surface area contributed by atoms with Crippen LogP contribution in [-0.2, 0) is 6.42 Å². The fourth-order valence-electron chi connectivity index (χ4n) is 1.41. The molecule has 0 saturated heterocycles. The summed E-state index contributed by atoms with van der Waals surface area (Å²) in [6.45, 7) is 2.10. The summed E-state index contributed by atoms with van der Waals surface area (Å²) >= 11 is 4.93. The van der Waals surface area contributed by atoms with Crippen molar-refractivity contribution in [3.05, 3.63) is 29.3 Å². The maximum Gasteiger partial charge on any atom is 0.164 e. The van der Waals surface area contributed by atoms with E-state index in [4.69, 9.17) is 0 Å². The molecule has 0 atom stereocenters. The lowest BCUT2D eigenvalue weighted by Crippen LogP contribution is -2.02. The molecule has 0 aliphatic carbocycles. The van der Waals surface area contributed by atoms with Crippen molar-refractivity contribution in [2.45, 2.75) is 24.7 Å². The standard InChI is InChI=1S/C12H15BrOS/c1-3-9-4-5-12(15-2)10(8-9)11(14)6-7-13/h4-5,8H,3,6-7H2,1-2H3. The van der Waals surface area contributed by atoms with Gasteiger partial charge in [-0.3, -0.25) is 4.79 Å². The molecule has 1 rings (SSSR count). The lowest BCUT2D eigenvalue weighted by Gasteiger charge is -2.07. The third kappa shape index (κ3) is 3.35. The molecule has 1 aromatic carbocycles. The molecule has 0 aliphatic heterocycles. The average Bonchev–Trinajstić information content (AvgIpc) is 2.28. The van der Waals surface area contributed by atoms with Crippen LogP contribution in [0.4, 0.5) is 0 Å². The molecule has 0 radical (unpaired) electrons. The number of benzene rings is 1. The second kappa shape index (κ2) is 6.33. The molecular formula is C12H15BrOS. The fourth-order valence-corrected chi connectivity index (χ4v) is 2.37. The van der Waals surface area contributed by atoms with Crippen LogP contribution in [0.25, 0.3) is 0 Å². The Bertz CT molecular complexity index is 349. The minimum absolute atomic E-state index is 0.228. The zero-order chi connectivity index (χ0) is 11.3. The molecule has 0 amide bonds. The van der Waals surface area contributed by atoms with Gasteiger partial charge in [0.05, 0.1) is 0 Å². The fraction of sp³-hybridized carbons (Fsp3) is 0.417. The van der Waals surface area contributed by atoms with Crippen molar-refractivity contribution in [2.24, 2.45) is 0 Å². The number of Topliss-reactive ketones (excluding diaryl/α,β-unsaturated/α-hetero) is 1. The normalized spacial score (nSPS) is 10.3. The number of aryl methyl sites for hydroxylation is 1. The molecule has 82 valence electrons. The Morgan fingerprint density at radius 2 is 2.20 bits per heavy atom. The number of hydrogen-bond acceptors (Lipinski definition) is 2. The molecule has 0 bridgehead atoms. The lowest BCUT2D eigenvalue weighted by atomic mass is 10.0. The van der Waals surface area contributed by atoms with Gasteiger partial charge in [-0.2, -0.15) is 0 Å². The minimum Gasteiger partial charge on any atom is -0.294 e. The van der Waals surface area contributed by atoms with Crippen LogP contribution in [0, 0.1) is 0 Å². The van der Waals surface area contributed by atoms with Gasteiger partial charge in [-0.15, -0.1) is 11.8 Å². The second-order valence-electron chi connectivity index (χ2n) is 3.25. The van der Waals surface area contributed by atoms with Crippen molar-refractivity contribution in [1.29, 1.82) is 0 Å². The molecule has 0 spiro atoms. The Labute approximate surface area is 104 Å². The van der Waals surface area contributed by atoms with Crippen molar-refractivity contribution >= 4 is 33.5 Å². The van der Waals surface area contributed by atoms with E-state index in [9.17, 15) is 4.79 Å². The highest BCUT2D eigenvalue weighted by Crippen LogP contribution is 2.23. The first-order valence-corrected chi connectivity index (χ1v) is 7.33. The molecule has 0 saturated carbocycles. The third-order valence-corrected chi connectivity index (χ3v) is 3.49. The van der Waals surface area contributed by atoms with Gasteiger partial charge >= 0.3 is 0 Å². The molecule has 0 fully saturated rings. The Morgan fingerprint density at radius 1 is 1.47 bits per heavy atom. The highest BCUT2D eigenvalue weighted by Gasteiger charge is 2.10. The smallest absolute Gasteiger partial charge is 0.164 e. The predicted molar refractivity (Wildman–Crippen MR) is 70.3 cm³/mol. The maximum absolute atomic E-state index is 11.8. The first-order valence-electron chi connectivity index (χ1n) is 4.99. The van der Waals surface area contributed by atoms with E-state index < -0.39 is 0 Å². The van der Waals surface area contributed by atoms with Gasteiger partial charge in [0.15, 0.2) is 5.78 Å². The summed E-state index contributed by atoms with van der Waals surface area (Å²) < 4.78 is 0. The number of carbonyl (C=O) groups excluding carboxylic acids is 1. The van der Waals surface area contributed by atoms with Crippen molar-refractivity contribution in [3.63, 3.8) is 0 Å². The van der Waals surface area contributed by atoms with Crippen LogP contribution in [0.15, 0.2) is 23.1 Å². The zero-order valence-electron chi connectivity index (χ0n) is 9.05. The summed E-state index contributed by atoms with van der Waals surface area (Å²) in [5.41, 5.74) is 2.10. The first-order chi connectivity index (χ1) is 7.22.